The van der Waals surface area contributed by atoms with Crippen molar-refractivity contribution in [1.82, 2.24) is 19.7 Å². The largest absolute Gasteiger partial charge is 0.394 e. The Morgan fingerprint density at radius 2 is 1.94 bits per heavy atom. The van der Waals surface area contributed by atoms with E-state index in [0.717, 1.165) is 6.92 Å². The molecule has 32 heavy (non-hydrogen) atoms. The molecule has 5 atom stereocenters. The van der Waals surface area contributed by atoms with E-state index in [1.807, 2.05) is 4.72 Å². The van der Waals surface area contributed by atoms with Gasteiger partial charge in [0.25, 0.3) is 10.0 Å². The van der Waals surface area contributed by atoms with Crippen LogP contribution in [0.15, 0.2) is 35.4 Å². The van der Waals surface area contributed by atoms with Crippen molar-refractivity contribution in [2.75, 3.05) is 13.7 Å². The minimum Gasteiger partial charge on any atom is -0.394 e. The van der Waals surface area contributed by atoms with E-state index in [9.17, 15) is 28.5 Å². The molecule has 0 saturated carbocycles. The molecule has 1 fully saturated rings. The van der Waals surface area contributed by atoms with Gasteiger partial charge >= 0.3 is 0 Å². The topological polar surface area (TPSA) is 182 Å². The third-order valence-corrected chi connectivity index (χ3v) is 6.16. The Labute approximate surface area is 183 Å². The molecule has 3 rings (SSSR count). The SMILES string of the molecule is CO[C@@H]1O[C@H](CO)[C@H](O)[C@H](OCc2cn(-c3ccc(S(=O)(=O)NC(C)=O)cc3)nn2)[C@H]1O. The van der Waals surface area contributed by atoms with Gasteiger partial charge in [0.15, 0.2) is 6.29 Å². The summed E-state index contributed by atoms with van der Waals surface area (Å²) in [6, 6.07) is 5.59. The van der Waals surface area contributed by atoms with Crippen LogP contribution in [0.2, 0.25) is 0 Å². The number of benzene rings is 1. The monoisotopic (exact) mass is 472 g/mol. The Hall–Kier alpha value is -2.46. The second-order valence-corrected chi connectivity index (χ2v) is 8.71. The summed E-state index contributed by atoms with van der Waals surface area (Å²) in [5, 5.41) is 37.8. The third-order valence-electron chi connectivity index (χ3n) is 4.71. The van der Waals surface area contributed by atoms with E-state index in [2.05, 4.69) is 10.3 Å². The second kappa shape index (κ2) is 9.99. The molecule has 4 N–H and O–H groups in total. The molecular formula is C18H24N4O9S. The number of ether oxygens (including phenoxy) is 3. The van der Waals surface area contributed by atoms with Crippen LogP contribution in [0.4, 0.5) is 0 Å². The summed E-state index contributed by atoms with van der Waals surface area (Å²) >= 11 is 0. The smallest absolute Gasteiger partial charge is 0.264 e. The van der Waals surface area contributed by atoms with Crippen molar-refractivity contribution < 1.29 is 42.7 Å². The highest BCUT2D eigenvalue weighted by Gasteiger charge is 2.45. The quantitative estimate of drug-likeness (QED) is 0.335. The number of aliphatic hydroxyl groups excluding tert-OH is 3. The molecule has 0 spiro atoms. The predicted octanol–water partition coefficient (Wildman–Crippen LogP) is -1.94. The van der Waals surface area contributed by atoms with Crippen molar-refractivity contribution >= 4 is 15.9 Å². The van der Waals surface area contributed by atoms with Crippen LogP contribution in [0.5, 0.6) is 0 Å². The van der Waals surface area contributed by atoms with Gasteiger partial charge < -0.3 is 29.5 Å². The van der Waals surface area contributed by atoms with E-state index in [1.165, 1.54) is 42.3 Å². The first-order chi connectivity index (χ1) is 15.2. The van der Waals surface area contributed by atoms with Crippen molar-refractivity contribution in [3.8, 4) is 5.69 Å². The van der Waals surface area contributed by atoms with E-state index in [4.69, 9.17) is 14.2 Å². The lowest BCUT2D eigenvalue weighted by molar-refractivity contribution is -0.303. The summed E-state index contributed by atoms with van der Waals surface area (Å²) in [6.45, 7) is 0.489. The Morgan fingerprint density at radius 3 is 2.53 bits per heavy atom. The molecule has 13 nitrogen and oxygen atoms in total. The number of hydrogen-bond acceptors (Lipinski definition) is 11. The fraction of sp³-hybridized carbons (Fsp3) is 0.500. The summed E-state index contributed by atoms with van der Waals surface area (Å²) in [5.74, 6) is -0.697. The first-order valence-corrected chi connectivity index (χ1v) is 11.0. The van der Waals surface area contributed by atoms with E-state index < -0.39 is 53.2 Å². The number of nitrogens with zero attached hydrogens (tertiary/aromatic N) is 3. The maximum atomic E-state index is 12.0. The minimum absolute atomic E-state index is 0.0891. The average Bonchev–Trinajstić information content (AvgIpc) is 3.22. The molecule has 1 aliphatic heterocycles. The number of hydrogen-bond donors (Lipinski definition) is 4. The van der Waals surface area contributed by atoms with Crippen LogP contribution < -0.4 is 4.72 Å². The molecule has 14 heteroatoms. The van der Waals surface area contributed by atoms with Gasteiger partial charge in [0.2, 0.25) is 5.91 Å². The van der Waals surface area contributed by atoms with Gasteiger partial charge in [-0.05, 0) is 24.3 Å². The highest BCUT2D eigenvalue weighted by molar-refractivity contribution is 7.90. The summed E-state index contributed by atoms with van der Waals surface area (Å²) < 4.78 is 43.1. The number of aliphatic hydroxyl groups is 3. The molecule has 1 saturated heterocycles. The average molecular weight is 472 g/mol. The molecule has 0 unspecified atom stereocenters. The molecular weight excluding hydrogens is 448 g/mol. The summed E-state index contributed by atoms with van der Waals surface area (Å²) in [7, 11) is -2.63. The van der Waals surface area contributed by atoms with Crippen molar-refractivity contribution in [2.45, 2.75) is 49.1 Å². The van der Waals surface area contributed by atoms with Gasteiger partial charge in [0.05, 0.1) is 30.0 Å². The van der Waals surface area contributed by atoms with Crippen LogP contribution in [0.25, 0.3) is 5.69 Å². The number of nitrogens with one attached hydrogen (secondary N) is 1. The summed E-state index contributed by atoms with van der Waals surface area (Å²) in [5.41, 5.74) is 0.858. The zero-order valence-electron chi connectivity index (χ0n) is 17.2. The van der Waals surface area contributed by atoms with Crippen molar-refractivity contribution in [3.05, 3.63) is 36.2 Å². The van der Waals surface area contributed by atoms with Crippen LogP contribution in [-0.4, -0.2) is 89.1 Å². The van der Waals surface area contributed by atoms with Gasteiger partial charge in [-0.1, -0.05) is 5.21 Å². The van der Waals surface area contributed by atoms with Gasteiger partial charge in [-0.25, -0.2) is 17.8 Å². The van der Waals surface area contributed by atoms with Crippen LogP contribution >= 0.6 is 0 Å². The number of carbonyl (C=O) groups excluding carboxylic acids is 1. The lowest BCUT2D eigenvalue weighted by Gasteiger charge is -2.41. The maximum absolute atomic E-state index is 12.0. The number of methoxy groups -OCH3 is 1. The maximum Gasteiger partial charge on any atom is 0.264 e. The van der Waals surface area contributed by atoms with E-state index in [1.54, 1.807) is 0 Å². The number of aromatic nitrogens is 3. The van der Waals surface area contributed by atoms with E-state index in [-0.39, 0.29) is 11.5 Å². The summed E-state index contributed by atoms with van der Waals surface area (Å²) in [6.07, 6.45) is -4.25. The first-order valence-electron chi connectivity index (χ1n) is 9.48. The third kappa shape index (κ3) is 5.29. The minimum atomic E-state index is -3.95. The van der Waals surface area contributed by atoms with Crippen molar-refractivity contribution in [1.29, 1.82) is 0 Å². The normalized spacial score (nSPS) is 26.1. The molecule has 1 amide bonds. The van der Waals surface area contributed by atoms with Gasteiger partial charge in [-0.2, -0.15) is 0 Å². The predicted molar refractivity (Wildman–Crippen MR) is 106 cm³/mol. The Balaban J connectivity index is 1.68. The van der Waals surface area contributed by atoms with Gasteiger partial charge in [-0.3, -0.25) is 4.79 Å². The molecule has 2 heterocycles. The fourth-order valence-corrected chi connectivity index (χ4v) is 4.13. The van der Waals surface area contributed by atoms with Crippen LogP contribution in [0.3, 0.4) is 0 Å². The Morgan fingerprint density at radius 1 is 1.25 bits per heavy atom. The van der Waals surface area contributed by atoms with Crippen LogP contribution in [-0.2, 0) is 35.6 Å². The molecule has 0 radical (unpaired) electrons. The number of amides is 1. The number of rotatable bonds is 8. The highest BCUT2D eigenvalue weighted by atomic mass is 32.2. The highest BCUT2D eigenvalue weighted by Crippen LogP contribution is 2.24. The lowest BCUT2D eigenvalue weighted by Crippen LogP contribution is -2.59. The zero-order valence-corrected chi connectivity index (χ0v) is 18.0. The Bertz CT molecular complexity index is 1010. The lowest BCUT2D eigenvalue weighted by atomic mass is 9.99. The number of sulfonamides is 1. The standard InChI is InChI=1S/C18H24N4O9S/c1-10(24)20-32(27,28)13-5-3-12(4-6-13)22-7-11(19-21-22)9-30-17-15(25)14(8-23)31-18(29-2)16(17)26/h3-7,14-18,23,25-26H,8-9H2,1-2H3,(H,20,24)/t14-,15+,16-,17+,18-/m1/s1. The molecule has 1 aliphatic rings. The number of carbonyl (C=O) groups is 1. The molecule has 176 valence electrons. The molecule has 1 aromatic heterocycles. The van der Waals surface area contributed by atoms with Gasteiger partial charge in [-0.15, -0.1) is 5.10 Å². The second-order valence-electron chi connectivity index (χ2n) is 7.03. The Kier molecular flexibility index (Phi) is 7.55. The van der Waals surface area contributed by atoms with Crippen molar-refractivity contribution in [3.63, 3.8) is 0 Å². The first kappa shape index (κ1) is 24.2. The fourth-order valence-electron chi connectivity index (χ4n) is 3.14. The molecule has 0 bridgehead atoms. The zero-order chi connectivity index (χ0) is 23.5. The van der Waals surface area contributed by atoms with Gasteiger partial charge in [0, 0.05) is 14.0 Å². The van der Waals surface area contributed by atoms with Gasteiger partial charge in [0.1, 0.15) is 30.1 Å². The molecule has 2 aromatic rings. The van der Waals surface area contributed by atoms with E-state index >= 15 is 0 Å². The van der Waals surface area contributed by atoms with Crippen molar-refractivity contribution in [2.24, 2.45) is 0 Å². The molecule has 0 aliphatic carbocycles. The van der Waals surface area contributed by atoms with E-state index in [0.29, 0.717) is 11.4 Å². The van der Waals surface area contributed by atoms with Crippen LogP contribution in [0, 0.1) is 0 Å². The summed E-state index contributed by atoms with van der Waals surface area (Å²) in [4.78, 5) is 10.9. The molecule has 1 aromatic carbocycles. The van der Waals surface area contributed by atoms with Crippen LogP contribution in [0.1, 0.15) is 12.6 Å².